The van der Waals surface area contributed by atoms with Crippen LogP contribution in [0.4, 0.5) is 5.69 Å². The van der Waals surface area contributed by atoms with Gasteiger partial charge in [-0.1, -0.05) is 20.8 Å². The molecule has 3 aromatic rings. The molecule has 6 heteroatoms. The maximum atomic E-state index is 13.0. The molecule has 0 radical (unpaired) electrons. The molecule has 0 saturated heterocycles. The molecule has 150 valence electrons. The summed E-state index contributed by atoms with van der Waals surface area (Å²) in [5, 5.41) is 11.1. The molecule has 1 aliphatic rings. The number of aromatic nitrogens is 2. The molecular formula is C23H26N4O2. The number of fused-ring (bicyclic) bond motifs is 1. The minimum Gasteiger partial charge on any atom is -0.462 e. The van der Waals surface area contributed by atoms with Gasteiger partial charge in [0.25, 0.3) is 5.91 Å². The Balaban J connectivity index is 1.61. The quantitative estimate of drug-likeness (QED) is 0.613. The van der Waals surface area contributed by atoms with Gasteiger partial charge in [0.05, 0.1) is 18.1 Å². The first kappa shape index (κ1) is 19.3. The molecular weight excluding hydrogens is 364 g/mol. The minimum absolute atomic E-state index is 0.224. The molecule has 0 unspecified atom stereocenters. The lowest BCUT2D eigenvalue weighted by atomic mass is 9.77. The number of nitrogens with one attached hydrogen (secondary N) is 2. The predicted octanol–water partition coefficient (Wildman–Crippen LogP) is 5.52. The van der Waals surface area contributed by atoms with Crippen molar-refractivity contribution in [2.75, 3.05) is 5.32 Å². The van der Waals surface area contributed by atoms with E-state index in [1.807, 2.05) is 6.07 Å². The van der Waals surface area contributed by atoms with Crippen molar-refractivity contribution in [3.8, 4) is 0 Å². The third-order valence-corrected chi connectivity index (χ3v) is 5.62. The van der Waals surface area contributed by atoms with E-state index in [4.69, 9.17) is 9.83 Å². The van der Waals surface area contributed by atoms with Crippen LogP contribution >= 0.6 is 0 Å². The van der Waals surface area contributed by atoms with E-state index in [1.165, 1.54) is 0 Å². The number of furan rings is 1. The van der Waals surface area contributed by atoms with Crippen LogP contribution in [0.3, 0.4) is 0 Å². The molecule has 4 rings (SSSR count). The van der Waals surface area contributed by atoms with Crippen molar-refractivity contribution < 1.29 is 9.21 Å². The zero-order chi connectivity index (χ0) is 20.5. The smallest absolute Gasteiger partial charge is 0.274 e. The molecule has 0 aromatic carbocycles. The van der Waals surface area contributed by atoms with Crippen molar-refractivity contribution in [1.29, 1.82) is 5.41 Å². The lowest BCUT2D eigenvalue weighted by Gasteiger charge is -2.29. The Bertz CT molecular complexity index is 1070. The summed E-state index contributed by atoms with van der Waals surface area (Å²) in [6.07, 6.45) is 7.74. The summed E-state index contributed by atoms with van der Waals surface area (Å²) in [4.78, 5) is 21.7. The lowest BCUT2D eigenvalue weighted by molar-refractivity contribution is 0.102. The number of amides is 1. The van der Waals surface area contributed by atoms with E-state index in [2.05, 4.69) is 36.1 Å². The highest BCUT2D eigenvalue weighted by Crippen LogP contribution is 2.37. The third-order valence-electron chi connectivity index (χ3n) is 5.62. The molecule has 0 spiro atoms. The van der Waals surface area contributed by atoms with Crippen LogP contribution in [-0.4, -0.2) is 21.6 Å². The lowest BCUT2D eigenvalue weighted by Crippen LogP contribution is -2.21. The van der Waals surface area contributed by atoms with Gasteiger partial charge >= 0.3 is 0 Å². The van der Waals surface area contributed by atoms with Crippen LogP contribution in [0.5, 0.6) is 0 Å². The first-order valence-electron chi connectivity index (χ1n) is 10.1. The Hall–Kier alpha value is -3.02. The van der Waals surface area contributed by atoms with Gasteiger partial charge in [-0.05, 0) is 60.8 Å². The largest absolute Gasteiger partial charge is 0.462 e. The third kappa shape index (κ3) is 3.92. The SMILES string of the molecule is CC(C)c1coc2ccc(C(=O)Nc3cnccc3[C@H]3CC(=N)C[C@@H](C)C3)nc12. The second kappa shape index (κ2) is 7.78. The van der Waals surface area contributed by atoms with Crippen LogP contribution in [0.2, 0.25) is 0 Å². The van der Waals surface area contributed by atoms with Crippen molar-refractivity contribution in [3.05, 3.63) is 53.7 Å². The van der Waals surface area contributed by atoms with Gasteiger partial charge in [0.1, 0.15) is 11.2 Å². The molecule has 2 N–H and O–H groups in total. The normalized spacial score (nSPS) is 19.7. The molecule has 1 amide bonds. The number of carbonyl (C=O) groups excluding carboxylic acids is 1. The maximum absolute atomic E-state index is 13.0. The van der Waals surface area contributed by atoms with Crippen LogP contribution < -0.4 is 5.32 Å². The predicted molar refractivity (Wildman–Crippen MR) is 114 cm³/mol. The molecule has 1 aliphatic carbocycles. The fraction of sp³-hybridized carbons (Fsp3) is 0.391. The van der Waals surface area contributed by atoms with E-state index in [1.54, 1.807) is 30.8 Å². The van der Waals surface area contributed by atoms with Gasteiger partial charge in [-0.25, -0.2) is 4.98 Å². The highest BCUT2D eigenvalue weighted by Gasteiger charge is 2.26. The highest BCUT2D eigenvalue weighted by atomic mass is 16.3. The van der Waals surface area contributed by atoms with E-state index in [0.29, 0.717) is 22.9 Å². The molecule has 3 aromatic heterocycles. The Morgan fingerprint density at radius 2 is 2.10 bits per heavy atom. The summed E-state index contributed by atoms with van der Waals surface area (Å²) in [5.74, 6) is 0.686. The monoisotopic (exact) mass is 390 g/mol. The van der Waals surface area contributed by atoms with Crippen molar-refractivity contribution in [3.63, 3.8) is 0 Å². The number of rotatable bonds is 4. The Labute approximate surface area is 170 Å². The summed E-state index contributed by atoms with van der Waals surface area (Å²) in [6.45, 7) is 6.32. The second-order valence-electron chi connectivity index (χ2n) is 8.36. The number of carbonyl (C=O) groups is 1. The number of hydrogen-bond donors (Lipinski definition) is 2. The van der Waals surface area contributed by atoms with Gasteiger partial charge < -0.3 is 15.1 Å². The number of hydrogen-bond acceptors (Lipinski definition) is 5. The molecule has 1 fully saturated rings. The van der Waals surface area contributed by atoms with Crippen LogP contribution in [-0.2, 0) is 0 Å². The van der Waals surface area contributed by atoms with Crippen molar-refractivity contribution in [2.45, 2.75) is 51.9 Å². The average molecular weight is 390 g/mol. The maximum Gasteiger partial charge on any atom is 0.274 e. The van der Waals surface area contributed by atoms with E-state index >= 15 is 0 Å². The Morgan fingerprint density at radius 1 is 1.28 bits per heavy atom. The van der Waals surface area contributed by atoms with Crippen molar-refractivity contribution in [1.82, 2.24) is 9.97 Å². The van der Waals surface area contributed by atoms with Crippen molar-refractivity contribution >= 4 is 28.4 Å². The van der Waals surface area contributed by atoms with Gasteiger partial charge in [-0.15, -0.1) is 0 Å². The molecule has 0 aliphatic heterocycles. The topological polar surface area (TPSA) is 91.9 Å². The summed E-state index contributed by atoms with van der Waals surface area (Å²) >= 11 is 0. The number of nitrogens with zero attached hydrogens (tertiary/aromatic N) is 2. The molecule has 29 heavy (non-hydrogen) atoms. The Kier molecular flexibility index (Phi) is 5.18. The van der Waals surface area contributed by atoms with Crippen LogP contribution in [0, 0.1) is 11.3 Å². The van der Waals surface area contributed by atoms with E-state index < -0.39 is 0 Å². The van der Waals surface area contributed by atoms with Gasteiger partial charge in [0.15, 0.2) is 5.58 Å². The van der Waals surface area contributed by atoms with Crippen LogP contribution in [0.25, 0.3) is 11.1 Å². The van der Waals surface area contributed by atoms with Gasteiger partial charge in [0, 0.05) is 17.5 Å². The molecule has 1 saturated carbocycles. The average Bonchev–Trinajstić information content (AvgIpc) is 3.11. The standard InChI is InChI=1S/C23H26N4O2/c1-13(2)18-12-29-21-5-4-19(26-22(18)21)23(28)27-20-11-25-7-6-17(20)15-8-14(3)9-16(24)10-15/h4-7,11-15,24H,8-10H2,1-3H3,(H,27,28)/t14-,15+/m0/s1. The molecule has 3 heterocycles. The van der Waals surface area contributed by atoms with Crippen LogP contribution in [0.15, 0.2) is 41.3 Å². The first-order valence-corrected chi connectivity index (χ1v) is 10.1. The highest BCUT2D eigenvalue weighted by molar-refractivity contribution is 6.04. The fourth-order valence-electron chi connectivity index (χ4n) is 4.21. The molecule has 6 nitrogen and oxygen atoms in total. The van der Waals surface area contributed by atoms with Gasteiger partial charge in [-0.2, -0.15) is 0 Å². The van der Waals surface area contributed by atoms with Crippen LogP contribution in [0.1, 0.15) is 73.5 Å². The summed E-state index contributed by atoms with van der Waals surface area (Å²) < 4.78 is 5.56. The second-order valence-corrected chi connectivity index (χ2v) is 8.36. The van der Waals surface area contributed by atoms with E-state index in [9.17, 15) is 4.79 Å². The number of pyridine rings is 2. The fourth-order valence-corrected chi connectivity index (χ4v) is 4.21. The zero-order valence-electron chi connectivity index (χ0n) is 17.0. The van der Waals surface area contributed by atoms with Gasteiger partial charge in [0.2, 0.25) is 0 Å². The van der Waals surface area contributed by atoms with Gasteiger partial charge in [-0.3, -0.25) is 9.78 Å². The molecule has 2 atom stereocenters. The summed E-state index contributed by atoms with van der Waals surface area (Å²) in [6, 6.07) is 5.42. The number of anilines is 1. The minimum atomic E-state index is -0.268. The van der Waals surface area contributed by atoms with Crippen molar-refractivity contribution in [2.24, 2.45) is 5.92 Å². The Morgan fingerprint density at radius 3 is 2.86 bits per heavy atom. The first-order chi connectivity index (χ1) is 13.9. The zero-order valence-corrected chi connectivity index (χ0v) is 17.0. The summed E-state index contributed by atoms with van der Waals surface area (Å²) in [5.41, 5.74) is 5.26. The van der Waals surface area contributed by atoms with E-state index in [0.717, 1.165) is 41.6 Å². The van der Waals surface area contributed by atoms with E-state index in [-0.39, 0.29) is 17.7 Å². The molecule has 0 bridgehead atoms. The summed E-state index contributed by atoms with van der Waals surface area (Å²) in [7, 11) is 0.